The number of aromatic nitrogens is 1. The number of nitrogens with zero attached hydrogens (tertiary/aromatic N) is 1. The summed E-state index contributed by atoms with van der Waals surface area (Å²) in [5.74, 6) is -3.42. The van der Waals surface area contributed by atoms with E-state index >= 15 is 0 Å². The summed E-state index contributed by atoms with van der Waals surface area (Å²) in [6, 6.07) is 4.31. The van der Waals surface area contributed by atoms with E-state index in [1.165, 1.54) is 12.1 Å². The third-order valence-corrected chi connectivity index (χ3v) is 6.84. The number of carbonyl (C=O) groups is 3. The van der Waals surface area contributed by atoms with Gasteiger partial charge in [0.15, 0.2) is 0 Å². The third kappa shape index (κ3) is 4.53. The largest absolute Gasteiger partial charge is 0.477 e. The van der Waals surface area contributed by atoms with Crippen LogP contribution in [-0.4, -0.2) is 33.9 Å². The van der Waals surface area contributed by atoms with Crippen molar-refractivity contribution in [3.05, 3.63) is 33.4 Å². The van der Waals surface area contributed by atoms with E-state index in [4.69, 9.17) is 28.9 Å². The van der Waals surface area contributed by atoms with Gasteiger partial charge >= 0.3 is 5.97 Å². The fourth-order valence-corrected chi connectivity index (χ4v) is 5.58. The molecule has 1 saturated carbocycles. The number of carboxylic acids is 1. The molecule has 0 radical (unpaired) electrons. The Morgan fingerprint density at radius 3 is 2.61 bits per heavy atom. The number of nitrogens with one attached hydrogen (secondary N) is 2. The number of carboxylic acid groups (broad SMARTS) is 1. The summed E-state index contributed by atoms with van der Waals surface area (Å²) in [6.45, 7) is 3.87. The summed E-state index contributed by atoms with van der Waals surface area (Å²) in [5, 5.41) is 22.9. The first-order valence-electron chi connectivity index (χ1n) is 10.8. The molecule has 2 aromatic rings. The lowest BCUT2D eigenvalue weighted by molar-refractivity contribution is -0.137. The predicted octanol–water partition coefficient (Wildman–Crippen LogP) is 4.14. The minimum absolute atomic E-state index is 0.0939. The average Bonchev–Trinajstić information content (AvgIpc) is 3.12. The molecule has 0 aliphatic heterocycles. The van der Waals surface area contributed by atoms with Crippen molar-refractivity contribution >= 4 is 51.9 Å². The summed E-state index contributed by atoms with van der Waals surface area (Å²) < 4.78 is 0. The molecule has 8 nitrogen and oxygen atoms in total. The van der Waals surface area contributed by atoms with E-state index in [1.807, 2.05) is 13.8 Å². The molecule has 1 aliphatic carbocycles. The van der Waals surface area contributed by atoms with Crippen LogP contribution in [0.4, 0.5) is 0 Å². The van der Waals surface area contributed by atoms with Gasteiger partial charge in [-0.3, -0.25) is 9.59 Å². The molecule has 0 bridgehead atoms. The van der Waals surface area contributed by atoms with E-state index in [9.17, 15) is 24.8 Å². The maximum absolute atomic E-state index is 13.4. The Balaban J connectivity index is 2.24. The van der Waals surface area contributed by atoms with Crippen LogP contribution in [0.3, 0.4) is 0 Å². The molecule has 176 valence electrons. The number of fused-ring (bicyclic) bond motifs is 1. The van der Waals surface area contributed by atoms with Crippen LogP contribution in [0.5, 0.6) is 0 Å². The number of primary amides is 1. The zero-order valence-corrected chi connectivity index (χ0v) is 19.9. The molecule has 1 aromatic heterocycles. The zero-order chi connectivity index (χ0) is 24.5. The predicted molar refractivity (Wildman–Crippen MR) is 125 cm³/mol. The number of amides is 2. The Labute approximate surface area is 201 Å². The standard InChI is InChI=1S/C23H26Cl2N4O4/c1-11(2)7-13(10-26)28-20(30)14-5-3-4-6-23(14,22(27)33)18-17-15(25)8-12(24)9-16(17)29-19(18)21(31)32/h8-9,11,13-14,29H,3-7H2,1-2H3,(H2,27,33)(H,28,30)(H,31,32)/t13-,14-,23-/m0/s1. The lowest BCUT2D eigenvalue weighted by Gasteiger charge is -2.41. The van der Waals surface area contributed by atoms with Crippen LogP contribution in [-0.2, 0) is 15.0 Å². The Hall–Kier alpha value is -2.76. The highest BCUT2D eigenvalue weighted by atomic mass is 35.5. The minimum atomic E-state index is -1.62. The molecule has 1 heterocycles. The Morgan fingerprint density at radius 1 is 1.33 bits per heavy atom. The fourth-order valence-electron chi connectivity index (χ4n) is 4.99. The molecule has 0 unspecified atom stereocenters. The van der Waals surface area contributed by atoms with Gasteiger partial charge in [0, 0.05) is 21.5 Å². The van der Waals surface area contributed by atoms with Crippen LogP contribution in [0.2, 0.25) is 10.0 Å². The third-order valence-electron chi connectivity index (χ3n) is 6.32. The highest BCUT2D eigenvalue weighted by Crippen LogP contribution is 2.49. The molecule has 5 N–H and O–H groups in total. The van der Waals surface area contributed by atoms with Gasteiger partial charge in [-0.2, -0.15) is 5.26 Å². The summed E-state index contributed by atoms with van der Waals surface area (Å²) >= 11 is 12.6. The topological polar surface area (TPSA) is 149 Å². The Morgan fingerprint density at radius 2 is 2.03 bits per heavy atom. The number of nitrogens with two attached hydrogens (primary N) is 1. The van der Waals surface area contributed by atoms with Crippen LogP contribution in [0.25, 0.3) is 10.9 Å². The quantitative estimate of drug-likeness (QED) is 0.457. The van der Waals surface area contributed by atoms with Gasteiger partial charge < -0.3 is 21.1 Å². The summed E-state index contributed by atoms with van der Waals surface area (Å²) in [7, 11) is 0. The minimum Gasteiger partial charge on any atom is -0.477 e. The number of hydrogen-bond donors (Lipinski definition) is 4. The lowest BCUT2D eigenvalue weighted by Crippen LogP contribution is -2.55. The van der Waals surface area contributed by atoms with Crippen LogP contribution in [0.1, 0.15) is 62.0 Å². The van der Waals surface area contributed by atoms with E-state index in [1.54, 1.807) is 0 Å². The monoisotopic (exact) mass is 492 g/mol. The van der Waals surface area contributed by atoms with Crippen molar-refractivity contribution in [1.82, 2.24) is 10.3 Å². The number of aromatic carboxylic acids is 1. The van der Waals surface area contributed by atoms with Gasteiger partial charge in [-0.05, 0) is 37.3 Å². The highest BCUT2D eigenvalue weighted by molar-refractivity contribution is 6.39. The second-order valence-corrected chi connectivity index (χ2v) is 9.79. The first-order valence-corrected chi connectivity index (χ1v) is 11.5. The van der Waals surface area contributed by atoms with Crippen molar-refractivity contribution < 1.29 is 19.5 Å². The second kappa shape index (κ2) is 9.62. The first kappa shape index (κ1) is 24.9. The van der Waals surface area contributed by atoms with E-state index in [-0.39, 0.29) is 33.6 Å². The van der Waals surface area contributed by atoms with E-state index in [0.717, 1.165) is 0 Å². The maximum atomic E-state index is 13.4. The van der Waals surface area contributed by atoms with Crippen LogP contribution in [0, 0.1) is 23.2 Å². The van der Waals surface area contributed by atoms with Gasteiger partial charge in [0.25, 0.3) is 0 Å². The van der Waals surface area contributed by atoms with E-state index in [2.05, 4.69) is 16.4 Å². The molecule has 1 aliphatic rings. The van der Waals surface area contributed by atoms with Crippen LogP contribution < -0.4 is 11.1 Å². The number of benzene rings is 1. The first-order chi connectivity index (χ1) is 15.5. The summed E-state index contributed by atoms with van der Waals surface area (Å²) in [4.78, 5) is 41.6. The molecule has 10 heteroatoms. The number of halogens is 2. The van der Waals surface area contributed by atoms with Crippen LogP contribution in [0.15, 0.2) is 12.1 Å². The fraction of sp³-hybridized carbons (Fsp3) is 0.478. The number of carbonyl (C=O) groups excluding carboxylic acids is 2. The number of H-pyrrole nitrogens is 1. The second-order valence-electron chi connectivity index (χ2n) is 8.94. The van der Waals surface area contributed by atoms with E-state index < -0.39 is 35.2 Å². The molecule has 1 aromatic carbocycles. The molecular formula is C23H26Cl2N4O4. The smallest absolute Gasteiger partial charge is 0.352 e. The van der Waals surface area contributed by atoms with Crippen molar-refractivity contribution in [2.24, 2.45) is 17.6 Å². The molecule has 1 fully saturated rings. The lowest BCUT2D eigenvalue weighted by atomic mass is 9.60. The average molecular weight is 493 g/mol. The van der Waals surface area contributed by atoms with Crippen molar-refractivity contribution in [2.75, 3.05) is 0 Å². The zero-order valence-electron chi connectivity index (χ0n) is 18.4. The van der Waals surface area contributed by atoms with Gasteiger partial charge in [-0.1, -0.05) is 49.9 Å². The molecule has 0 spiro atoms. The van der Waals surface area contributed by atoms with E-state index in [0.29, 0.717) is 36.6 Å². The number of aromatic amines is 1. The van der Waals surface area contributed by atoms with Crippen molar-refractivity contribution in [3.8, 4) is 6.07 Å². The van der Waals surface area contributed by atoms with Crippen LogP contribution >= 0.6 is 23.2 Å². The van der Waals surface area contributed by atoms with Gasteiger partial charge in [-0.25, -0.2) is 4.79 Å². The summed E-state index contributed by atoms with van der Waals surface area (Å²) in [5.41, 5.74) is 4.49. The van der Waals surface area contributed by atoms with Crippen molar-refractivity contribution in [1.29, 1.82) is 5.26 Å². The van der Waals surface area contributed by atoms with Crippen molar-refractivity contribution in [2.45, 2.75) is 57.4 Å². The number of hydrogen-bond acceptors (Lipinski definition) is 4. The molecule has 0 saturated heterocycles. The highest BCUT2D eigenvalue weighted by Gasteiger charge is 2.54. The molecule has 2 amide bonds. The van der Waals surface area contributed by atoms with Gasteiger partial charge in [0.05, 0.1) is 22.4 Å². The van der Waals surface area contributed by atoms with Gasteiger partial charge in [0.1, 0.15) is 11.7 Å². The number of rotatable bonds is 7. The van der Waals surface area contributed by atoms with Gasteiger partial charge in [0.2, 0.25) is 11.8 Å². The Kier molecular flexibility index (Phi) is 7.25. The Bertz CT molecular complexity index is 1150. The molecular weight excluding hydrogens is 467 g/mol. The van der Waals surface area contributed by atoms with Crippen molar-refractivity contribution in [3.63, 3.8) is 0 Å². The maximum Gasteiger partial charge on any atom is 0.352 e. The normalized spacial score (nSPS) is 21.5. The SMILES string of the molecule is CC(C)C[C@@H](C#N)NC(=O)[C@@H]1CCCC[C@@]1(C(N)=O)c1c(C(=O)O)[nH]c2cc(Cl)cc(Cl)c12. The molecule has 33 heavy (non-hydrogen) atoms. The number of nitriles is 1. The summed E-state index contributed by atoms with van der Waals surface area (Å²) in [6.07, 6.45) is 2.14. The molecule has 3 rings (SSSR count). The van der Waals surface area contributed by atoms with Gasteiger partial charge in [-0.15, -0.1) is 0 Å². The molecule has 3 atom stereocenters.